The van der Waals surface area contributed by atoms with Gasteiger partial charge in [0.05, 0.1) is 19.3 Å². The van der Waals surface area contributed by atoms with Gasteiger partial charge in [-0.2, -0.15) is 0 Å². The lowest BCUT2D eigenvalue weighted by molar-refractivity contribution is 0.0348. The first-order valence-corrected chi connectivity index (χ1v) is 4.53. The summed E-state index contributed by atoms with van der Waals surface area (Å²) in [7, 11) is 3.81. The van der Waals surface area contributed by atoms with Crippen LogP contribution in [0.1, 0.15) is 13.8 Å². The number of likely N-dealkylation sites (N-methyl/N-ethyl adjacent to an activating group) is 1. The highest BCUT2D eigenvalue weighted by Crippen LogP contribution is 1.97. The summed E-state index contributed by atoms with van der Waals surface area (Å²) in [5.74, 6) is 0. The van der Waals surface area contributed by atoms with Crippen molar-refractivity contribution in [2.24, 2.45) is 0 Å². The van der Waals surface area contributed by atoms with E-state index in [1.165, 1.54) is 0 Å². The van der Waals surface area contributed by atoms with Crippen molar-refractivity contribution in [1.82, 2.24) is 4.90 Å². The molecule has 3 heteroatoms. The molecule has 0 saturated heterocycles. The largest absolute Gasteiger partial charge is 0.383 e. The SMILES string of the molecule is CCOCC(COC)N(C)CC. The Morgan fingerprint density at radius 3 is 2.33 bits per heavy atom. The summed E-state index contributed by atoms with van der Waals surface area (Å²) < 4.78 is 10.5. The van der Waals surface area contributed by atoms with Gasteiger partial charge in [-0.05, 0) is 20.5 Å². The molecule has 0 aliphatic rings. The van der Waals surface area contributed by atoms with Crippen molar-refractivity contribution in [2.45, 2.75) is 19.9 Å². The molecule has 0 aromatic rings. The first kappa shape index (κ1) is 11.9. The highest BCUT2D eigenvalue weighted by molar-refractivity contribution is 4.65. The molecule has 0 bridgehead atoms. The third kappa shape index (κ3) is 4.70. The monoisotopic (exact) mass is 175 g/mol. The summed E-state index contributed by atoms with van der Waals surface area (Å²) in [6, 6.07) is 0.389. The maximum Gasteiger partial charge on any atom is 0.0644 e. The molecule has 0 saturated carbocycles. The summed E-state index contributed by atoms with van der Waals surface area (Å²) in [6.07, 6.45) is 0. The lowest BCUT2D eigenvalue weighted by Gasteiger charge is -2.25. The maximum absolute atomic E-state index is 5.35. The fourth-order valence-corrected chi connectivity index (χ4v) is 1.01. The van der Waals surface area contributed by atoms with Crippen LogP contribution in [-0.4, -0.2) is 51.5 Å². The number of nitrogens with zero attached hydrogens (tertiary/aromatic N) is 1. The van der Waals surface area contributed by atoms with E-state index in [2.05, 4.69) is 18.9 Å². The van der Waals surface area contributed by atoms with Crippen LogP contribution in [-0.2, 0) is 9.47 Å². The van der Waals surface area contributed by atoms with Crippen molar-refractivity contribution in [2.75, 3.05) is 40.5 Å². The van der Waals surface area contributed by atoms with Crippen LogP contribution in [0.4, 0.5) is 0 Å². The second-order valence-corrected chi connectivity index (χ2v) is 2.84. The molecule has 1 atom stereocenters. The summed E-state index contributed by atoms with van der Waals surface area (Å²) >= 11 is 0. The Kier molecular flexibility index (Phi) is 7.45. The van der Waals surface area contributed by atoms with E-state index in [0.29, 0.717) is 6.04 Å². The van der Waals surface area contributed by atoms with Crippen molar-refractivity contribution in [1.29, 1.82) is 0 Å². The predicted molar refractivity (Wildman–Crippen MR) is 50.5 cm³/mol. The second kappa shape index (κ2) is 7.53. The Labute approximate surface area is 75.6 Å². The first-order chi connectivity index (χ1) is 5.76. The summed E-state index contributed by atoms with van der Waals surface area (Å²) in [5.41, 5.74) is 0. The standard InChI is InChI=1S/C9H21NO2/c1-5-10(3)9(7-11-4)8-12-6-2/h9H,5-8H2,1-4H3. The molecule has 3 nitrogen and oxygen atoms in total. The number of rotatable bonds is 7. The van der Waals surface area contributed by atoms with Gasteiger partial charge in [-0.25, -0.2) is 0 Å². The molecular formula is C9H21NO2. The van der Waals surface area contributed by atoms with Crippen LogP contribution < -0.4 is 0 Å². The molecule has 12 heavy (non-hydrogen) atoms. The van der Waals surface area contributed by atoms with Gasteiger partial charge in [0.25, 0.3) is 0 Å². The number of ether oxygens (including phenoxy) is 2. The average Bonchev–Trinajstić information content (AvgIpc) is 2.11. The zero-order chi connectivity index (χ0) is 9.40. The quantitative estimate of drug-likeness (QED) is 0.576. The van der Waals surface area contributed by atoms with Crippen LogP contribution in [0.15, 0.2) is 0 Å². The number of hydrogen-bond acceptors (Lipinski definition) is 3. The van der Waals surface area contributed by atoms with E-state index in [4.69, 9.17) is 9.47 Å². The fraction of sp³-hybridized carbons (Fsp3) is 1.00. The van der Waals surface area contributed by atoms with E-state index in [1.54, 1.807) is 7.11 Å². The van der Waals surface area contributed by atoms with Crippen LogP contribution in [0, 0.1) is 0 Å². The van der Waals surface area contributed by atoms with Gasteiger partial charge in [-0.3, -0.25) is 4.90 Å². The molecule has 0 aromatic heterocycles. The van der Waals surface area contributed by atoms with Gasteiger partial charge in [-0.15, -0.1) is 0 Å². The molecule has 0 aliphatic heterocycles. The molecule has 0 aromatic carbocycles. The zero-order valence-corrected chi connectivity index (χ0v) is 8.67. The van der Waals surface area contributed by atoms with E-state index < -0.39 is 0 Å². The lowest BCUT2D eigenvalue weighted by Crippen LogP contribution is -2.38. The van der Waals surface area contributed by atoms with Crippen molar-refractivity contribution in [3.05, 3.63) is 0 Å². The van der Waals surface area contributed by atoms with Crippen LogP contribution in [0.25, 0.3) is 0 Å². The summed E-state index contributed by atoms with van der Waals surface area (Å²) in [4.78, 5) is 2.24. The van der Waals surface area contributed by atoms with E-state index in [9.17, 15) is 0 Å². The fourth-order valence-electron chi connectivity index (χ4n) is 1.01. The Balaban J connectivity index is 3.68. The minimum absolute atomic E-state index is 0.389. The molecule has 0 aliphatic carbocycles. The molecule has 1 unspecified atom stereocenters. The minimum atomic E-state index is 0.389. The smallest absolute Gasteiger partial charge is 0.0644 e. The van der Waals surface area contributed by atoms with Crippen molar-refractivity contribution >= 4 is 0 Å². The van der Waals surface area contributed by atoms with E-state index in [0.717, 1.165) is 26.4 Å². The first-order valence-electron chi connectivity index (χ1n) is 4.53. The molecule has 0 amide bonds. The third-order valence-corrected chi connectivity index (χ3v) is 2.00. The van der Waals surface area contributed by atoms with Gasteiger partial charge in [0.2, 0.25) is 0 Å². The highest BCUT2D eigenvalue weighted by Gasteiger charge is 2.12. The number of hydrogen-bond donors (Lipinski definition) is 0. The van der Waals surface area contributed by atoms with Crippen LogP contribution in [0.5, 0.6) is 0 Å². The average molecular weight is 175 g/mol. The summed E-state index contributed by atoms with van der Waals surface area (Å²) in [5, 5.41) is 0. The molecule has 0 fully saturated rings. The van der Waals surface area contributed by atoms with Gasteiger partial charge in [0, 0.05) is 13.7 Å². The van der Waals surface area contributed by atoms with E-state index >= 15 is 0 Å². The third-order valence-electron chi connectivity index (χ3n) is 2.00. The summed E-state index contributed by atoms with van der Waals surface area (Å²) in [6.45, 7) is 7.45. The lowest BCUT2D eigenvalue weighted by atomic mass is 10.3. The van der Waals surface area contributed by atoms with Crippen molar-refractivity contribution in [3.8, 4) is 0 Å². The molecule has 0 heterocycles. The normalized spacial score (nSPS) is 13.8. The number of methoxy groups -OCH3 is 1. The van der Waals surface area contributed by atoms with Crippen LogP contribution in [0.3, 0.4) is 0 Å². The van der Waals surface area contributed by atoms with Crippen LogP contribution in [0.2, 0.25) is 0 Å². The van der Waals surface area contributed by atoms with Crippen molar-refractivity contribution in [3.63, 3.8) is 0 Å². The van der Waals surface area contributed by atoms with Gasteiger partial charge >= 0.3 is 0 Å². The van der Waals surface area contributed by atoms with E-state index in [1.807, 2.05) is 6.92 Å². The molecule has 74 valence electrons. The minimum Gasteiger partial charge on any atom is -0.383 e. The molecule has 0 radical (unpaired) electrons. The second-order valence-electron chi connectivity index (χ2n) is 2.84. The molecule has 0 N–H and O–H groups in total. The zero-order valence-electron chi connectivity index (χ0n) is 8.67. The molecule has 0 rings (SSSR count). The topological polar surface area (TPSA) is 21.7 Å². The Morgan fingerprint density at radius 2 is 1.92 bits per heavy atom. The van der Waals surface area contributed by atoms with Gasteiger partial charge < -0.3 is 9.47 Å². The molecule has 0 spiro atoms. The van der Waals surface area contributed by atoms with Gasteiger partial charge in [-0.1, -0.05) is 6.92 Å². The highest BCUT2D eigenvalue weighted by atomic mass is 16.5. The Morgan fingerprint density at radius 1 is 1.25 bits per heavy atom. The van der Waals surface area contributed by atoms with E-state index in [-0.39, 0.29) is 0 Å². The van der Waals surface area contributed by atoms with Gasteiger partial charge in [0.1, 0.15) is 0 Å². The predicted octanol–water partition coefficient (Wildman–Crippen LogP) is 0.990. The Hall–Kier alpha value is -0.120. The Bertz CT molecular complexity index is 98.5. The van der Waals surface area contributed by atoms with Crippen LogP contribution >= 0.6 is 0 Å². The maximum atomic E-state index is 5.35. The van der Waals surface area contributed by atoms with Gasteiger partial charge in [0.15, 0.2) is 0 Å². The molecular weight excluding hydrogens is 154 g/mol. The van der Waals surface area contributed by atoms with Crippen molar-refractivity contribution < 1.29 is 9.47 Å².